The molecule has 8 unspecified atom stereocenters. The second-order valence-electron chi connectivity index (χ2n) is 31.9. The molecule has 35 nitrogen and oxygen atoms in total. The number of aliphatic hydroxyl groups is 20. The van der Waals surface area contributed by atoms with Gasteiger partial charge in [0.15, 0.2) is 37.4 Å². The molecular weight excluding hydrogens is 1460 g/mol. The average Bonchev–Trinajstić information content (AvgIpc) is 0.758. The minimum Gasteiger partial charge on any atom is -0.460 e. The van der Waals surface area contributed by atoms with Crippen LogP contribution in [0, 0.1) is 35.5 Å². The third-order valence-corrected chi connectivity index (χ3v) is 24.0. The number of hydrogen-bond acceptors (Lipinski definition) is 34. The summed E-state index contributed by atoms with van der Waals surface area (Å²) in [6.07, 6.45) is -30.8. The van der Waals surface area contributed by atoms with Gasteiger partial charge in [0.1, 0.15) is 136 Å². The molecule has 11 fully saturated rings. The molecule has 35 heteroatoms. The highest BCUT2D eigenvalue weighted by molar-refractivity contribution is 5.83. The van der Waals surface area contributed by atoms with Gasteiger partial charge in [-0.2, -0.15) is 0 Å². The molecule has 110 heavy (non-hydrogen) atoms. The van der Waals surface area contributed by atoms with Crippen LogP contribution in [0.15, 0.2) is 48.6 Å². The zero-order chi connectivity index (χ0) is 78.8. The summed E-state index contributed by atoms with van der Waals surface area (Å²) < 4.78 is 77.1. The van der Waals surface area contributed by atoms with Gasteiger partial charge >= 0.3 is 23.9 Å². The first-order valence-corrected chi connectivity index (χ1v) is 39.1. The summed E-state index contributed by atoms with van der Waals surface area (Å²) in [5.41, 5.74) is 0. The first-order chi connectivity index (χ1) is 52.5. The van der Waals surface area contributed by atoms with Crippen LogP contribution < -0.4 is 0 Å². The lowest BCUT2D eigenvalue weighted by Crippen LogP contribution is -2.65. The van der Waals surface area contributed by atoms with Crippen molar-refractivity contribution in [2.24, 2.45) is 35.5 Å². The molecule has 0 radical (unpaired) electrons. The summed E-state index contributed by atoms with van der Waals surface area (Å²) in [5.74, 6) is -5.36. The zero-order valence-electron chi connectivity index (χ0n) is 61.3. The quantitative estimate of drug-likeness (QED) is 0.0177. The van der Waals surface area contributed by atoms with E-state index in [-0.39, 0.29) is 55.8 Å². The van der Waals surface area contributed by atoms with Crippen LogP contribution in [0.4, 0.5) is 0 Å². The third-order valence-electron chi connectivity index (χ3n) is 24.0. The summed E-state index contributed by atoms with van der Waals surface area (Å²) in [6.45, 7) is -2.68. The fraction of sp³-hybridized carbons (Fsp3) is 0.840. The van der Waals surface area contributed by atoms with Crippen LogP contribution in [0.2, 0.25) is 0 Å². The Hall–Kier alpha value is -4.24. The van der Waals surface area contributed by atoms with Crippen molar-refractivity contribution in [2.45, 2.75) is 331 Å². The lowest BCUT2D eigenvalue weighted by molar-refractivity contribution is -0.369. The normalized spacial score (nSPS) is 46.5. The van der Waals surface area contributed by atoms with Gasteiger partial charge in [0.05, 0.1) is 54.7 Å². The molecule has 19 N–H and O–H groups in total. The Bertz CT molecular complexity index is 2930. The van der Waals surface area contributed by atoms with Crippen molar-refractivity contribution in [2.75, 3.05) is 26.4 Å². The van der Waals surface area contributed by atoms with E-state index in [0.29, 0.717) is 103 Å². The Balaban J connectivity index is 0.859. The van der Waals surface area contributed by atoms with E-state index in [1.54, 1.807) is 24.3 Å². The highest BCUT2D eigenvalue weighted by Crippen LogP contribution is 2.46. The van der Waals surface area contributed by atoms with E-state index < -0.39 is 258 Å². The van der Waals surface area contributed by atoms with Gasteiger partial charge in [0.2, 0.25) is 0 Å². The highest BCUT2D eigenvalue weighted by atomic mass is 16.7. The van der Waals surface area contributed by atoms with E-state index in [4.69, 9.17) is 61.6 Å². The monoisotopic (exact) mass is 1580 g/mol. The predicted molar refractivity (Wildman–Crippen MR) is 370 cm³/mol. The average molecular weight is 1580 g/mol. The van der Waals surface area contributed by atoms with Crippen molar-refractivity contribution in [1.82, 2.24) is 0 Å². The standard InChI is InChI=1S/C75H114O35/c76-39-13-1-34(2-14-39)9-21-54(81)98-30-50-59(86)63(90)67(94)72(107-50)102-43-27-45(80)44-29-49(106-75-70(97)66(93)62(89)53(110-75)33-101-57(84)24-12-37-7-19-42(79)20-8-37)71(103-46(44)28-43)38-25-47(104-73-68(95)64(91)60(87)51(108-73)31-99-55(82)22-10-35-3-15-40(77)16-4-35)58(85)48(26-38)105-74-69(96)65(92)61(88)52(109-74)32-100-56(83)23-11-36-5-17-41(78)18-6-36/h9-12,21-24,34-53,58-80,85-97H,1-8,13-20,25-33H2/p+1/t34?,35?,36?,37?,38?,39?,40?,41?,42?,43?,44?,45?,46?,47?,48?,49?,50-,51-,52-,53-,58?,59-,60-,61-,62-,63+,64+,65+,66+,67-,68-,69-,70-,71?,72-,73-,74-,75-/m1/s1. The molecule has 11 aliphatic rings. The van der Waals surface area contributed by atoms with E-state index in [0.717, 1.165) is 0 Å². The number of fused-ring (bicyclic) bond motifs is 1. The molecule has 0 aromatic carbocycles. The Kier molecular flexibility index (Phi) is 31.6. The third kappa shape index (κ3) is 22.7. The lowest BCUT2D eigenvalue weighted by atomic mass is 9.72. The van der Waals surface area contributed by atoms with Crippen LogP contribution in [0.5, 0.6) is 0 Å². The van der Waals surface area contributed by atoms with E-state index in [9.17, 15) is 111 Å². The lowest BCUT2D eigenvalue weighted by Gasteiger charge is -2.51. The number of aliphatic hydroxyl groups excluding tert-OH is 18. The second kappa shape index (κ2) is 40.1. The summed E-state index contributed by atoms with van der Waals surface area (Å²) in [4.78, 5) is 52.2. The zero-order valence-corrected chi connectivity index (χ0v) is 61.3. The largest absolute Gasteiger partial charge is 0.460 e. The Labute approximate surface area is 635 Å². The van der Waals surface area contributed by atoms with E-state index in [2.05, 4.69) is 0 Å². The minimum absolute atomic E-state index is 0.0158. The maximum Gasteiger partial charge on any atom is 0.330 e. The molecule has 0 aromatic heterocycles. The molecule has 5 saturated heterocycles. The molecule has 0 spiro atoms. The van der Waals surface area contributed by atoms with E-state index in [1.165, 1.54) is 24.3 Å². The molecule has 5 heterocycles. The molecule has 624 valence electrons. The van der Waals surface area contributed by atoms with Crippen molar-refractivity contribution in [1.29, 1.82) is 0 Å². The van der Waals surface area contributed by atoms with Crippen LogP contribution in [0.3, 0.4) is 0 Å². The highest BCUT2D eigenvalue weighted by Gasteiger charge is 2.59. The first kappa shape index (κ1) is 86.6. The van der Waals surface area contributed by atoms with Crippen LogP contribution in [-0.2, 0) is 76.0 Å². The molecule has 11 rings (SSSR count). The number of esters is 4. The molecule has 0 amide bonds. The van der Waals surface area contributed by atoms with Crippen molar-refractivity contribution < 1.29 is 173 Å². The Morgan fingerprint density at radius 3 is 0.891 bits per heavy atom. The van der Waals surface area contributed by atoms with Gasteiger partial charge in [-0.15, -0.1) is 0 Å². The van der Waals surface area contributed by atoms with E-state index >= 15 is 0 Å². The fourth-order valence-electron chi connectivity index (χ4n) is 17.1. The number of rotatable bonds is 25. The summed E-state index contributed by atoms with van der Waals surface area (Å²) in [5, 5.41) is 201. The maximum absolute atomic E-state index is 13.1. The fourth-order valence-corrected chi connectivity index (χ4v) is 17.1. The maximum atomic E-state index is 13.1. The number of allylic oxidation sites excluding steroid dienone is 4. The molecule has 6 saturated carbocycles. The SMILES string of the molecule is O=C(C=CC1CCC(O)CC1)OC[C@H]1O[C@@H](OC2CC(O)C3CC(O[C@@H]4O[C@H](COC(=O)C=CC5CCC(O)CC5)[C@@H](O)[C@H](O)[C@H]4O)C(C4CC(O[C@@H]5O[C@H](COC(=O)C=CC6CCC(O)CC6)[C@@H](O)[C@H](O)[C@H]5O)C(O)C(O[C@@H]5O[C@H](COC(=O)C=CC6CCC(O)CC6)[C@@H](O)[C@H](O)[C@H]5O)C4)[OH+]C3C2)[C@H](O)[C@@H](O)[C@@H]1O. The van der Waals surface area contributed by atoms with Gasteiger partial charge in [-0.3, -0.25) is 0 Å². The van der Waals surface area contributed by atoms with Crippen LogP contribution in [0.25, 0.3) is 0 Å². The van der Waals surface area contributed by atoms with Crippen LogP contribution in [-0.4, -0.2) is 343 Å². The number of carbonyl (C=O) groups excluding carboxylic acids is 4. The second-order valence-corrected chi connectivity index (χ2v) is 31.9. The Morgan fingerprint density at radius 1 is 0.309 bits per heavy atom. The smallest absolute Gasteiger partial charge is 0.330 e. The van der Waals surface area contributed by atoms with Crippen LogP contribution >= 0.6 is 0 Å². The Morgan fingerprint density at radius 2 is 0.591 bits per heavy atom. The minimum atomic E-state index is -2.09. The first-order valence-electron chi connectivity index (χ1n) is 39.1. The van der Waals surface area contributed by atoms with Crippen molar-refractivity contribution in [3.05, 3.63) is 48.6 Å². The molecule has 5 aliphatic heterocycles. The topological polar surface area (TPSA) is 556 Å². The van der Waals surface area contributed by atoms with Gasteiger partial charge in [-0.05, 0) is 146 Å². The molecule has 0 aromatic rings. The van der Waals surface area contributed by atoms with E-state index in [1.807, 2.05) is 0 Å². The molecule has 6 aliphatic carbocycles. The summed E-state index contributed by atoms with van der Waals surface area (Å²) >= 11 is 0. The number of ether oxygens (including phenoxy) is 13. The molecule has 28 atom stereocenters. The summed E-state index contributed by atoms with van der Waals surface area (Å²) in [6, 6.07) is 0. The van der Waals surface area contributed by atoms with Crippen LogP contribution in [0.1, 0.15) is 135 Å². The van der Waals surface area contributed by atoms with Gasteiger partial charge < -0.3 is 153 Å². The van der Waals surface area contributed by atoms with Crippen molar-refractivity contribution in [3.8, 4) is 0 Å². The van der Waals surface area contributed by atoms with Gasteiger partial charge in [0.25, 0.3) is 0 Å². The number of carbonyl (C=O) groups is 4. The summed E-state index contributed by atoms with van der Waals surface area (Å²) in [7, 11) is 0. The molecular formula is C75H115O35+. The van der Waals surface area contributed by atoms with Gasteiger partial charge in [-0.1, -0.05) is 24.3 Å². The van der Waals surface area contributed by atoms with Crippen molar-refractivity contribution in [3.63, 3.8) is 0 Å². The van der Waals surface area contributed by atoms with Crippen molar-refractivity contribution >= 4 is 23.9 Å². The predicted octanol–water partition coefficient (Wildman–Crippen LogP) is -4.43. The molecule has 0 bridgehead atoms. The van der Waals surface area contributed by atoms with Gasteiger partial charge in [0, 0.05) is 43.1 Å². The van der Waals surface area contributed by atoms with Gasteiger partial charge in [-0.25, -0.2) is 19.2 Å². The number of hydrogen-bond donors (Lipinski definition) is 18.